The smallest absolute Gasteiger partial charge is 0.330 e. The number of benzene rings is 2. The second-order valence-electron chi connectivity index (χ2n) is 7.41. The predicted molar refractivity (Wildman–Crippen MR) is 122 cm³/mol. The van der Waals surface area contributed by atoms with E-state index in [1.807, 2.05) is 30.3 Å². The number of nitrogen functional groups attached to an aromatic ring is 1. The number of rotatable bonds is 7. The lowest BCUT2D eigenvalue weighted by Gasteiger charge is -2.31. The Morgan fingerprint density at radius 2 is 1.85 bits per heavy atom. The maximum atomic E-state index is 13.4. The highest BCUT2D eigenvalue weighted by atomic mass is 16.6. The summed E-state index contributed by atoms with van der Waals surface area (Å²) in [7, 11) is 1.48. The Morgan fingerprint density at radius 1 is 1.15 bits per heavy atom. The topological polar surface area (TPSA) is 129 Å². The van der Waals surface area contributed by atoms with E-state index in [9.17, 15) is 14.4 Å². The molecule has 0 bridgehead atoms. The number of hydrogen-bond donors (Lipinski definition) is 2. The van der Waals surface area contributed by atoms with Crippen LogP contribution in [0.25, 0.3) is 0 Å². The number of carbonyl (C=O) groups is 1. The molecule has 1 aliphatic rings. The van der Waals surface area contributed by atoms with Crippen LogP contribution in [0.1, 0.15) is 5.56 Å². The number of amides is 1. The summed E-state index contributed by atoms with van der Waals surface area (Å²) in [4.78, 5) is 42.2. The van der Waals surface area contributed by atoms with Crippen LogP contribution in [0.2, 0.25) is 0 Å². The van der Waals surface area contributed by atoms with E-state index in [-0.39, 0.29) is 37.8 Å². The van der Waals surface area contributed by atoms with Gasteiger partial charge in [0, 0.05) is 13.7 Å². The SMILES string of the molecule is COCCN(C(=O)[C@H]1COc2ccccc2O1)c1c(N)n(Cc2ccccc2)c(=O)[nH]c1=O. The molecule has 10 nitrogen and oxygen atoms in total. The second-order valence-corrected chi connectivity index (χ2v) is 7.41. The fourth-order valence-corrected chi connectivity index (χ4v) is 3.59. The van der Waals surface area contributed by atoms with Crippen molar-refractivity contribution in [2.45, 2.75) is 12.6 Å². The first kappa shape index (κ1) is 22.2. The van der Waals surface area contributed by atoms with Crippen molar-refractivity contribution in [2.75, 3.05) is 37.5 Å². The van der Waals surface area contributed by atoms with Crippen molar-refractivity contribution in [3.63, 3.8) is 0 Å². The van der Waals surface area contributed by atoms with Crippen LogP contribution in [0, 0.1) is 0 Å². The third-order valence-electron chi connectivity index (χ3n) is 5.24. The molecule has 0 aliphatic carbocycles. The lowest BCUT2D eigenvalue weighted by Crippen LogP contribution is -2.50. The molecule has 1 amide bonds. The molecule has 1 aliphatic heterocycles. The van der Waals surface area contributed by atoms with Gasteiger partial charge in [-0.25, -0.2) is 4.79 Å². The molecule has 0 fully saturated rings. The zero-order chi connectivity index (χ0) is 23.4. The number of H-pyrrole nitrogens is 1. The predicted octanol–water partition coefficient (Wildman–Crippen LogP) is 0.986. The summed E-state index contributed by atoms with van der Waals surface area (Å²) in [5, 5.41) is 0. The Bertz CT molecular complexity index is 1250. The number of aromatic amines is 1. The zero-order valence-electron chi connectivity index (χ0n) is 18.0. The molecule has 2 heterocycles. The number of carbonyl (C=O) groups excluding carboxylic acids is 1. The van der Waals surface area contributed by atoms with E-state index in [2.05, 4.69) is 4.98 Å². The fourth-order valence-electron chi connectivity index (χ4n) is 3.59. The van der Waals surface area contributed by atoms with Crippen molar-refractivity contribution in [3.8, 4) is 11.5 Å². The van der Waals surface area contributed by atoms with Gasteiger partial charge in [0.2, 0.25) is 6.10 Å². The summed E-state index contributed by atoms with van der Waals surface area (Å²) in [5.41, 5.74) is 5.50. The molecule has 0 spiro atoms. The molecular weight excluding hydrogens is 428 g/mol. The van der Waals surface area contributed by atoms with E-state index in [0.29, 0.717) is 11.5 Å². The molecule has 0 radical (unpaired) electrons. The van der Waals surface area contributed by atoms with Gasteiger partial charge < -0.3 is 19.9 Å². The minimum absolute atomic E-state index is 0.0215. The van der Waals surface area contributed by atoms with Crippen LogP contribution < -0.4 is 31.4 Å². The number of fused-ring (bicyclic) bond motifs is 1. The second kappa shape index (κ2) is 9.61. The molecule has 172 valence electrons. The Kier molecular flexibility index (Phi) is 6.45. The highest BCUT2D eigenvalue weighted by Crippen LogP contribution is 2.32. The third kappa shape index (κ3) is 4.60. The number of methoxy groups -OCH3 is 1. The molecule has 0 saturated carbocycles. The summed E-state index contributed by atoms with van der Waals surface area (Å²) < 4.78 is 17.8. The Hall–Kier alpha value is -4.05. The van der Waals surface area contributed by atoms with Gasteiger partial charge in [-0.3, -0.25) is 24.0 Å². The van der Waals surface area contributed by atoms with Crippen LogP contribution in [-0.2, 0) is 16.1 Å². The molecule has 10 heteroatoms. The van der Waals surface area contributed by atoms with Gasteiger partial charge in [0.25, 0.3) is 11.5 Å². The van der Waals surface area contributed by atoms with Crippen LogP contribution >= 0.6 is 0 Å². The van der Waals surface area contributed by atoms with Crippen molar-refractivity contribution in [1.29, 1.82) is 0 Å². The summed E-state index contributed by atoms with van der Waals surface area (Å²) >= 11 is 0. The number of hydrogen-bond acceptors (Lipinski definition) is 7. The minimum atomic E-state index is -1.01. The van der Waals surface area contributed by atoms with Crippen LogP contribution in [-0.4, -0.2) is 48.4 Å². The van der Waals surface area contributed by atoms with Crippen LogP contribution in [0.4, 0.5) is 11.5 Å². The highest BCUT2D eigenvalue weighted by molar-refractivity contribution is 5.99. The lowest BCUT2D eigenvalue weighted by molar-refractivity contribution is -0.127. The highest BCUT2D eigenvalue weighted by Gasteiger charge is 2.34. The fraction of sp³-hybridized carbons (Fsp3) is 0.261. The van der Waals surface area contributed by atoms with Crippen molar-refractivity contribution in [2.24, 2.45) is 0 Å². The van der Waals surface area contributed by atoms with E-state index in [1.165, 1.54) is 16.6 Å². The Balaban J connectivity index is 1.71. The number of para-hydroxylation sites is 2. The van der Waals surface area contributed by atoms with Gasteiger partial charge in [-0.05, 0) is 17.7 Å². The number of nitrogens with two attached hydrogens (primary N) is 1. The van der Waals surface area contributed by atoms with Gasteiger partial charge in [-0.15, -0.1) is 0 Å². The van der Waals surface area contributed by atoms with Crippen LogP contribution in [0.5, 0.6) is 11.5 Å². The standard InChI is InChI=1S/C23H24N4O6/c1-31-12-11-26(22(29)18-14-32-16-9-5-6-10-17(16)33-18)19-20(24)27(23(30)25-21(19)28)13-15-7-3-2-4-8-15/h2-10,18H,11-14,24H2,1H3,(H,25,28,30)/t18-/m1/s1. The van der Waals surface area contributed by atoms with Gasteiger partial charge in [-0.1, -0.05) is 42.5 Å². The van der Waals surface area contributed by atoms with Gasteiger partial charge >= 0.3 is 5.69 Å². The molecule has 2 aromatic carbocycles. The van der Waals surface area contributed by atoms with Crippen molar-refractivity contribution in [3.05, 3.63) is 81.0 Å². The van der Waals surface area contributed by atoms with Crippen molar-refractivity contribution in [1.82, 2.24) is 9.55 Å². The first-order valence-corrected chi connectivity index (χ1v) is 10.3. The van der Waals surface area contributed by atoms with Gasteiger partial charge in [0.05, 0.1) is 13.2 Å². The summed E-state index contributed by atoms with van der Waals surface area (Å²) in [5.74, 6) is 0.279. The summed E-state index contributed by atoms with van der Waals surface area (Å²) in [6.07, 6.45) is -1.01. The molecule has 33 heavy (non-hydrogen) atoms. The maximum absolute atomic E-state index is 13.4. The van der Waals surface area contributed by atoms with E-state index in [1.54, 1.807) is 24.3 Å². The minimum Gasteiger partial charge on any atom is -0.485 e. The van der Waals surface area contributed by atoms with E-state index >= 15 is 0 Å². The summed E-state index contributed by atoms with van der Waals surface area (Å²) in [6.45, 7) is 0.235. The van der Waals surface area contributed by atoms with Crippen LogP contribution in [0.3, 0.4) is 0 Å². The van der Waals surface area contributed by atoms with Gasteiger partial charge in [-0.2, -0.15) is 0 Å². The lowest BCUT2D eigenvalue weighted by atomic mass is 10.2. The molecule has 3 N–H and O–H groups in total. The monoisotopic (exact) mass is 452 g/mol. The van der Waals surface area contributed by atoms with Gasteiger partial charge in [0.15, 0.2) is 17.2 Å². The average molecular weight is 452 g/mol. The van der Waals surface area contributed by atoms with Gasteiger partial charge in [0.1, 0.15) is 12.4 Å². The first-order chi connectivity index (χ1) is 16.0. The number of nitrogens with zero attached hydrogens (tertiary/aromatic N) is 2. The first-order valence-electron chi connectivity index (χ1n) is 10.3. The number of nitrogens with one attached hydrogen (secondary N) is 1. The molecule has 0 unspecified atom stereocenters. The summed E-state index contributed by atoms with van der Waals surface area (Å²) in [6, 6.07) is 16.2. The third-order valence-corrected chi connectivity index (χ3v) is 5.24. The molecule has 1 atom stereocenters. The zero-order valence-corrected chi connectivity index (χ0v) is 18.0. The number of ether oxygens (including phenoxy) is 3. The largest absolute Gasteiger partial charge is 0.485 e. The molecule has 0 saturated heterocycles. The molecule has 4 rings (SSSR count). The average Bonchev–Trinajstić information content (AvgIpc) is 2.83. The number of aromatic nitrogens is 2. The van der Waals surface area contributed by atoms with E-state index in [4.69, 9.17) is 19.9 Å². The Labute approximate surface area is 189 Å². The van der Waals surface area contributed by atoms with Crippen molar-refractivity contribution < 1.29 is 19.0 Å². The van der Waals surface area contributed by atoms with E-state index < -0.39 is 23.3 Å². The normalized spacial score (nSPS) is 14.6. The maximum Gasteiger partial charge on any atom is 0.330 e. The quantitative estimate of drug-likeness (QED) is 0.547. The van der Waals surface area contributed by atoms with E-state index in [0.717, 1.165) is 5.56 Å². The molecular formula is C23H24N4O6. The van der Waals surface area contributed by atoms with Crippen LogP contribution in [0.15, 0.2) is 64.2 Å². The number of anilines is 2. The molecule has 3 aromatic rings. The molecule has 1 aromatic heterocycles. The van der Waals surface area contributed by atoms with Crippen molar-refractivity contribution >= 4 is 17.4 Å². The Morgan fingerprint density at radius 3 is 2.58 bits per heavy atom.